The number of nitrogen functional groups attached to an aromatic ring is 1. The van der Waals surface area contributed by atoms with E-state index in [0.717, 1.165) is 10.4 Å². The van der Waals surface area contributed by atoms with E-state index in [0.29, 0.717) is 0 Å². The van der Waals surface area contributed by atoms with Crippen molar-refractivity contribution in [1.82, 2.24) is 4.31 Å². The van der Waals surface area contributed by atoms with Crippen LogP contribution in [0.2, 0.25) is 0 Å². The van der Waals surface area contributed by atoms with Gasteiger partial charge in [0.25, 0.3) is 0 Å². The fraction of sp³-hybridized carbons (Fsp3) is 0.400. The number of aliphatic hydroxyl groups excluding tert-OH is 1. The molecule has 0 unspecified atom stereocenters. The number of benzene rings is 1. The average Bonchev–Trinajstić information content (AvgIpc) is 2.34. The summed E-state index contributed by atoms with van der Waals surface area (Å²) in [5, 5.41) is 19.8. The van der Waals surface area contributed by atoms with Gasteiger partial charge in [0.15, 0.2) is 4.90 Å². The SMILES string of the molecule is CCN(CCO)S(=O)(=O)c1cccc(N)c1[N+](=O)[O-]. The summed E-state index contributed by atoms with van der Waals surface area (Å²) >= 11 is 0. The normalized spacial score (nSPS) is 11.7. The van der Waals surface area contributed by atoms with Gasteiger partial charge in [0, 0.05) is 13.1 Å². The summed E-state index contributed by atoms with van der Waals surface area (Å²) in [6.07, 6.45) is 0. The molecule has 0 spiro atoms. The Hall–Kier alpha value is -1.71. The van der Waals surface area contributed by atoms with Crippen molar-refractivity contribution in [3.05, 3.63) is 28.3 Å². The van der Waals surface area contributed by atoms with Crippen LogP contribution in [0.3, 0.4) is 0 Å². The zero-order valence-corrected chi connectivity index (χ0v) is 11.1. The van der Waals surface area contributed by atoms with E-state index in [2.05, 4.69) is 0 Å². The molecule has 0 heterocycles. The Morgan fingerprint density at radius 3 is 2.58 bits per heavy atom. The Morgan fingerprint density at radius 1 is 1.47 bits per heavy atom. The third-order valence-corrected chi connectivity index (χ3v) is 4.54. The maximum Gasteiger partial charge on any atom is 0.312 e. The summed E-state index contributed by atoms with van der Waals surface area (Å²) in [5.74, 6) is 0. The van der Waals surface area contributed by atoms with Crippen molar-refractivity contribution in [3.63, 3.8) is 0 Å². The van der Waals surface area contributed by atoms with E-state index in [1.54, 1.807) is 6.92 Å². The molecule has 0 saturated carbocycles. The fourth-order valence-corrected chi connectivity index (χ4v) is 3.27. The van der Waals surface area contributed by atoms with Crippen LogP contribution in [0, 0.1) is 10.1 Å². The number of nitrogens with two attached hydrogens (primary N) is 1. The molecule has 0 saturated heterocycles. The van der Waals surface area contributed by atoms with Crippen molar-refractivity contribution in [2.24, 2.45) is 0 Å². The van der Waals surface area contributed by atoms with Gasteiger partial charge >= 0.3 is 5.69 Å². The zero-order chi connectivity index (χ0) is 14.6. The van der Waals surface area contributed by atoms with Gasteiger partial charge in [-0.15, -0.1) is 0 Å². The summed E-state index contributed by atoms with van der Waals surface area (Å²) in [6.45, 7) is 1.16. The van der Waals surface area contributed by atoms with Crippen molar-refractivity contribution in [3.8, 4) is 0 Å². The topological polar surface area (TPSA) is 127 Å². The molecule has 19 heavy (non-hydrogen) atoms. The Kier molecular flexibility index (Phi) is 4.81. The Morgan fingerprint density at radius 2 is 2.11 bits per heavy atom. The van der Waals surface area contributed by atoms with Crippen LogP contribution in [-0.2, 0) is 10.0 Å². The molecule has 0 bridgehead atoms. The number of hydrogen-bond acceptors (Lipinski definition) is 6. The minimum absolute atomic E-state index is 0.0921. The van der Waals surface area contributed by atoms with Crippen LogP contribution < -0.4 is 5.73 Å². The van der Waals surface area contributed by atoms with E-state index in [4.69, 9.17) is 10.8 Å². The third-order valence-electron chi connectivity index (χ3n) is 2.53. The van der Waals surface area contributed by atoms with Crippen molar-refractivity contribution >= 4 is 21.4 Å². The lowest BCUT2D eigenvalue weighted by atomic mass is 10.3. The van der Waals surface area contributed by atoms with Crippen LogP contribution in [0.25, 0.3) is 0 Å². The second kappa shape index (κ2) is 5.95. The van der Waals surface area contributed by atoms with Crippen molar-refractivity contribution in [2.75, 3.05) is 25.4 Å². The predicted octanol–water partition coefficient (Wildman–Crippen LogP) is 0.180. The largest absolute Gasteiger partial charge is 0.395 e. The lowest BCUT2D eigenvalue weighted by Gasteiger charge is -2.19. The first-order chi connectivity index (χ1) is 8.86. The smallest absolute Gasteiger partial charge is 0.312 e. The first kappa shape index (κ1) is 15.3. The number of aliphatic hydroxyl groups is 1. The number of sulfonamides is 1. The van der Waals surface area contributed by atoms with Crippen LogP contribution in [0.4, 0.5) is 11.4 Å². The molecule has 3 N–H and O–H groups in total. The van der Waals surface area contributed by atoms with Gasteiger partial charge in [0.2, 0.25) is 10.0 Å². The summed E-state index contributed by atoms with van der Waals surface area (Å²) in [4.78, 5) is 9.66. The van der Waals surface area contributed by atoms with E-state index in [-0.39, 0.29) is 25.4 Å². The van der Waals surface area contributed by atoms with Gasteiger partial charge in [0.1, 0.15) is 5.69 Å². The van der Waals surface area contributed by atoms with Gasteiger partial charge in [-0.1, -0.05) is 13.0 Å². The Balaban J connectivity index is 3.44. The van der Waals surface area contributed by atoms with E-state index in [1.807, 2.05) is 0 Å². The molecular weight excluding hydrogens is 274 g/mol. The molecule has 1 aromatic carbocycles. The van der Waals surface area contributed by atoms with Crippen LogP contribution >= 0.6 is 0 Å². The molecule has 0 amide bonds. The standard InChI is InChI=1S/C10H15N3O5S/c1-2-12(6-7-14)19(17,18)9-5-3-4-8(11)10(9)13(15)16/h3-5,14H,2,6-7,11H2,1H3. The van der Waals surface area contributed by atoms with Crippen LogP contribution in [0.5, 0.6) is 0 Å². The Bertz CT molecular complexity index is 573. The summed E-state index contributed by atoms with van der Waals surface area (Å²) in [5.41, 5.74) is 4.60. The van der Waals surface area contributed by atoms with Crippen molar-refractivity contribution in [2.45, 2.75) is 11.8 Å². The molecular formula is C10H15N3O5S. The first-order valence-corrected chi connectivity index (χ1v) is 6.94. The quantitative estimate of drug-likeness (QED) is 0.437. The second-order valence-corrected chi connectivity index (χ2v) is 5.58. The first-order valence-electron chi connectivity index (χ1n) is 5.50. The predicted molar refractivity (Wildman–Crippen MR) is 69.0 cm³/mol. The summed E-state index contributed by atoms with van der Waals surface area (Å²) in [7, 11) is -4.06. The summed E-state index contributed by atoms with van der Waals surface area (Å²) < 4.78 is 25.5. The second-order valence-electron chi connectivity index (χ2n) is 3.67. The molecule has 8 nitrogen and oxygen atoms in total. The van der Waals surface area contributed by atoms with Crippen molar-refractivity contribution < 1.29 is 18.4 Å². The van der Waals surface area contributed by atoms with Gasteiger partial charge in [-0.25, -0.2) is 8.42 Å². The highest BCUT2D eigenvalue weighted by Gasteiger charge is 2.32. The van der Waals surface area contributed by atoms with Crippen LogP contribution in [-0.4, -0.2) is 42.4 Å². The van der Waals surface area contributed by atoms with Gasteiger partial charge in [0.05, 0.1) is 11.5 Å². The molecule has 0 aliphatic carbocycles. The van der Waals surface area contributed by atoms with E-state index >= 15 is 0 Å². The number of nitro benzene ring substituents is 1. The highest BCUT2D eigenvalue weighted by Crippen LogP contribution is 2.31. The van der Waals surface area contributed by atoms with Crippen LogP contribution in [0.15, 0.2) is 23.1 Å². The highest BCUT2D eigenvalue weighted by molar-refractivity contribution is 7.89. The zero-order valence-electron chi connectivity index (χ0n) is 10.3. The van der Waals surface area contributed by atoms with Gasteiger partial charge in [-0.05, 0) is 12.1 Å². The molecule has 9 heteroatoms. The molecule has 0 radical (unpaired) electrons. The van der Waals surface area contributed by atoms with Gasteiger partial charge in [-0.3, -0.25) is 10.1 Å². The van der Waals surface area contributed by atoms with Gasteiger partial charge in [-0.2, -0.15) is 4.31 Å². The number of hydrogen-bond donors (Lipinski definition) is 2. The number of rotatable bonds is 6. The molecule has 0 atom stereocenters. The number of nitro groups is 1. The number of likely N-dealkylation sites (N-methyl/N-ethyl adjacent to an activating group) is 1. The maximum atomic E-state index is 12.3. The molecule has 1 aromatic rings. The number of para-hydroxylation sites is 1. The molecule has 0 aliphatic heterocycles. The molecule has 0 fully saturated rings. The fourth-order valence-electron chi connectivity index (χ4n) is 1.64. The molecule has 106 valence electrons. The number of anilines is 1. The van der Waals surface area contributed by atoms with Crippen LogP contribution in [0.1, 0.15) is 6.92 Å². The van der Waals surface area contributed by atoms with E-state index in [9.17, 15) is 18.5 Å². The third kappa shape index (κ3) is 3.00. The van der Waals surface area contributed by atoms with Crippen molar-refractivity contribution in [1.29, 1.82) is 0 Å². The van der Waals surface area contributed by atoms with E-state index < -0.39 is 25.5 Å². The summed E-state index contributed by atoms with van der Waals surface area (Å²) in [6, 6.07) is 3.73. The molecule has 0 aliphatic rings. The monoisotopic (exact) mass is 289 g/mol. The highest BCUT2D eigenvalue weighted by atomic mass is 32.2. The Labute approximate surface area is 110 Å². The average molecular weight is 289 g/mol. The molecule has 1 rings (SSSR count). The minimum Gasteiger partial charge on any atom is -0.395 e. The number of nitrogens with zero attached hydrogens (tertiary/aromatic N) is 2. The minimum atomic E-state index is -4.06. The maximum absolute atomic E-state index is 12.3. The van der Waals surface area contributed by atoms with Gasteiger partial charge < -0.3 is 10.8 Å². The molecule has 0 aromatic heterocycles. The lowest BCUT2D eigenvalue weighted by Crippen LogP contribution is -2.33. The lowest BCUT2D eigenvalue weighted by molar-refractivity contribution is -0.386. The van der Waals surface area contributed by atoms with E-state index in [1.165, 1.54) is 12.1 Å².